The molecule has 5 unspecified atom stereocenters. The summed E-state index contributed by atoms with van der Waals surface area (Å²) < 4.78 is 11.3. The molecule has 0 spiro atoms. The van der Waals surface area contributed by atoms with Gasteiger partial charge >= 0.3 is 0 Å². The Labute approximate surface area is 161 Å². The van der Waals surface area contributed by atoms with E-state index in [0.29, 0.717) is 43.2 Å². The number of fused-ring (bicyclic) bond motifs is 4. The number of hydrogen-bond acceptors (Lipinski definition) is 4. The quantitative estimate of drug-likeness (QED) is 0.639. The molecule has 5 heteroatoms. The maximum absolute atomic E-state index is 5.78. The summed E-state index contributed by atoms with van der Waals surface area (Å²) in [7, 11) is 2.18. The van der Waals surface area contributed by atoms with Crippen LogP contribution in [0.1, 0.15) is 24.4 Å². The van der Waals surface area contributed by atoms with E-state index in [1.165, 1.54) is 16.6 Å². The van der Waals surface area contributed by atoms with Crippen LogP contribution in [-0.4, -0.2) is 26.7 Å². The number of nitrogens with one attached hydrogen (secondary N) is 1. The number of hydrogen-bond donors (Lipinski definition) is 2. The van der Waals surface area contributed by atoms with Crippen molar-refractivity contribution in [2.75, 3.05) is 13.3 Å². The first-order valence-corrected chi connectivity index (χ1v) is 10.0. The Balaban J connectivity index is 1.50. The van der Waals surface area contributed by atoms with E-state index in [-0.39, 0.29) is 0 Å². The molecule has 4 nitrogen and oxygen atoms in total. The van der Waals surface area contributed by atoms with E-state index in [2.05, 4.69) is 61.9 Å². The van der Waals surface area contributed by atoms with Gasteiger partial charge in [0, 0.05) is 18.0 Å². The Morgan fingerprint density at radius 1 is 1.19 bits per heavy atom. The number of benzene rings is 1. The van der Waals surface area contributed by atoms with E-state index in [1.807, 2.05) is 0 Å². The van der Waals surface area contributed by atoms with E-state index in [9.17, 15) is 0 Å². The molecule has 2 heterocycles. The summed E-state index contributed by atoms with van der Waals surface area (Å²) in [6, 6.07) is 4.98. The molecule has 1 saturated heterocycles. The highest BCUT2D eigenvalue weighted by Crippen LogP contribution is 2.48. The van der Waals surface area contributed by atoms with Crippen molar-refractivity contribution in [3.8, 4) is 11.5 Å². The summed E-state index contributed by atoms with van der Waals surface area (Å²) in [4.78, 5) is 0. The van der Waals surface area contributed by atoms with Gasteiger partial charge in [-0.05, 0) is 48.9 Å². The van der Waals surface area contributed by atoms with E-state index in [0.717, 1.165) is 24.3 Å². The zero-order valence-electron chi connectivity index (χ0n) is 15.7. The van der Waals surface area contributed by atoms with Crippen LogP contribution in [0.15, 0.2) is 48.1 Å². The standard InChI is InChI=1S/C22H26BN2O2/c1-23-18-11-21-20(26-12-27-21)10-17(18)22-15-4-2-3-14(15)16-9-13(7-8-24)5-6-19(16)25-22/h2-3,5-6,9-11,14-16,19,22,25H,4,7-8,12,24H2,1H3. The van der Waals surface area contributed by atoms with Crippen LogP contribution in [-0.2, 0) is 0 Å². The van der Waals surface area contributed by atoms with Crippen molar-refractivity contribution < 1.29 is 9.47 Å². The smallest absolute Gasteiger partial charge is 0.231 e. The highest BCUT2D eigenvalue weighted by Gasteiger charge is 2.44. The number of nitrogens with two attached hydrogens (primary N) is 1. The highest BCUT2D eigenvalue weighted by atomic mass is 16.7. The summed E-state index contributed by atoms with van der Waals surface area (Å²) in [5, 5.41) is 3.95. The van der Waals surface area contributed by atoms with Crippen molar-refractivity contribution in [2.24, 2.45) is 23.5 Å². The van der Waals surface area contributed by atoms with Crippen LogP contribution in [0.3, 0.4) is 0 Å². The van der Waals surface area contributed by atoms with Crippen molar-refractivity contribution in [3.05, 3.63) is 53.6 Å². The van der Waals surface area contributed by atoms with Gasteiger partial charge in [0.25, 0.3) is 0 Å². The first-order chi connectivity index (χ1) is 13.3. The van der Waals surface area contributed by atoms with Crippen molar-refractivity contribution in [3.63, 3.8) is 0 Å². The second-order valence-corrected chi connectivity index (χ2v) is 7.91. The van der Waals surface area contributed by atoms with Crippen molar-refractivity contribution in [1.29, 1.82) is 0 Å². The molecule has 0 bridgehead atoms. The zero-order valence-corrected chi connectivity index (χ0v) is 15.7. The predicted octanol–water partition coefficient (Wildman–Crippen LogP) is 2.46. The van der Waals surface area contributed by atoms with Gasteiger partial charge in [-0.1, -0.05) is 48.2 Å². The molecule has 3 N–H and O–H groups in total. The average Bonchev–Trinajstić information content (AvgIpc) is 3.35. The zero-order chi connectivity index (χ0) is 18.4. The SMILES string of the molecule is C[B]c1cc2c(cc1C1NC3C=CC(CCN)=CC3C3C=CCC13)OCO2. The Morgan fingerprint density at radius 3 is 2.85 bits per heavy atom. The Bertz CT molecular complexity index is 832. The van der Waals surface area contributed by atoms with Gasteiger partial charge in [-0.3, -0.25) is 0 Å². The summed E-state index contributed by atoms with van der Waals surface area (Å²) in [5.41, 5.74) is 9.72. The van der Waals surface area contributed by atoms with E-state index < -0.39 is 0 Å². The maximum atomic E-state index is 5.78. The van der Waals surface area contributed by atoms with Gasteiger partial charge in [0.1, 0.15) is 7.28 Å². The van der Waals surface area contributed by atoms with Crippen molar-refractivity contribution in [1.82, 2.24) is 5.32 Å². The Hall–Kier alpha value is -1.98. The minimum absolute atomic E-state index is 0.307. The lowest BCUT2D eigenvalue weighted by molar-refractivity contribution is 0.165. The van der Waals surface area contributed by atoms with Gasteiger partial charge in [0.05, 0.1) is 0 Å². The summed E-state index contributed by atoms with van der Waals surface area (Å²) in [5.74, 6) is 3.36. The lowest BCUT2D eigenvalue weighted by atomic mass is 9.64. The molecule has 0 amide bonds. The molecular weight excluding hydrogens is 335 g/mol. The molecule has 4 aliphatic rings. The second kappa shape index (κ2) is 6.88. The third-order valence-electron chi connectivity index (χ3n) is 6.50. The lowest BCUT2D eigenvalue weighted by Crippen LogP contribution is -2.51. The van der Waals surface area contributed by atoms with Crippen LogP contribution < -0.4 is 26.0 Å². The number of ether oxygens (including phenoxy) is 2. The van der Waals surface area contributed by atoms with Crippen molar-refractivity contribution >= 4 is 12.7 Å². The second-order valence-electron chi connectivity index (χ2n) is 7.91. The largest absolute Gasteiger partial charge is 0.454 e. The number of allylic oxidation sites excluding steroid dienone is 3. The number of piperidine rings is 1. The normalized spacial score (nSPS) is 32.8. The Kier molecular flexibility index (Phi) is 4.37. The molecule has 139 valence electrons. The molecule has 5 atom stereocenters. The van der Waals surface area contributed by atoms with Gasteiger partial charge in [-0.25, -0.2) is 0 Å². The molecular formula is C22H26BN2O2. The third-order valence-corrected chi connectivity index (χ3v) is 6.50. The van der Waals surface area contributed by atoms with Gasteiger partial charge in [-0.15, -0.1) is 0 Å². The van der Waals surface area contributed by atoms with E-state index in [1.54, 1.807) is 0 Å². The lowest BCUT2D eigenvalue weighted by Gasteiger charge is -2.46. The predicted molar refractivity (Wildman–Crippen MR) is 109 cm³/mol. The minimum Gasteiger partial charge on any atom is -0.454 e. The summed E-state index contributed by atoms with van der Waals surface area (Å²) >= 11 is 0. The maximum Gasteiger partial charge on any atom is 0.231 e. The van der Waals surface area contributed by atoms with Gasteiger partial charge in [-0.2, -0.15) is 0 Å². The van der Waals surface area contributed by atoms with Gasteiger partial charge in [0.2, 0.25) is 6.79 Å². The van der Waals surface area contributed by atoms with Gasteiger partial charge < -0.3 is 20.5 Å². The third kappa shape index (κ3) is 2.84. The molecule has 0 aromatic heterocycles. The van der Waals surface area contributed by atoms with Crippen LogP contribution in [0.2, 0.25) is 6.82 Å². The van der Waals surface area contributed by atoms with Crippen LogP contribution in [0.4, 0.5) is 0 Å². The van der Waals surface area contributed by atoms with Crippen LogP contribution in [0, 0.1) is 17.8 Å². The molecule has 5 rings (SSSR count). The molecule has 2 aliphatic carbocycles. The fraction of sp³-hybridized carbons (Fsp3) is 0.455. The van der Waals surface area contributed by atoms with Crippen molar-refractivity contribution in [2.45, 2.75) is 31.7 Å². The van der Waals surface area contributed by atoms with Crippen LogP contribution in [0.25, 0.3) is 0 Å². The van der Waals surface area contributed by atoms with Crippen LogP contribution >= 0.6 is 0 Å². The Morgan fingerprint density at radius 2 is 2.04 bits per heavy atom. The monoisotopic (exact) mass is 361 g/mol. The van der Waals surface area contributed by atoms with E-state index >= 15 is 0 Å². The topological polar surface area (TPSA) is 56.5 Å². The highest BCUT2D eigenvalue weighted by molar-refractivity contribution is 6.52. The molecule has 1 radical (unpaired) electrons. The fourth-order valence-corrected chi connectivity index (χ4v) is 5.22. The number of rotatable bonds is 4. The van der Waals surface area contributed by atoms with Gasteiger partial charge in [0.15, 0.2) is 11.5 Å². The first-order valence-electron chi connectivity index (χ1n) is 10.0. The van der Waals surface area contributed by atoms with E-state index in [4.69, 9.17) is 15.2 Å². The summed E-state index contributed by atoms with van der Waals surface area (Å²) in [6.45, 7) is 3.12. The minimum atomic E-state index is 0.307. The van der Waals surface area contributed by atoms with Crippen LogP contribution in [0.5, 0.6) is 11.5 Å². The molecule has 1 aromatic rings. The molecule has 0 saturated carbocycles. The fourth-order valence-electron chi connectivity index (χ4n) is 5.22. The molecule has 2 aliphatic heterocycles. The average molecular weight is 361 g/mol. The molecule has 1 aromatic carbocycles. The molecule has 27 heavy (non-hydrogen) atoms. The summed E-state index contributed by atoms with van der Waals surface area (Å²) in [6.07, 6.45) is 13.9. The molecule has 1 fully saturated rings. The first kappa shape index (κ1) is 17.1.